The number of carbonyl (C=O) groups is 1. The molecule has 0 bridgehead atoms. The average molecular weight is 343 g/mol. The topological polar surface area (TPSA) is 51.9 Å². The summed E-state index contributed by atoms with van der Waals surface area (Å²) in [6, 6.07) is 10.5. The smallest absolute Gasteiger partial charge is 0.374 e. The molecule has 1 aliphatic rings. The lowest BCUT2D eigenvalue weighted by Gasteiger charge is -2.30. The number of rotatable bonds is 5. The van der Waals surface area contributed by atoms with Gasteiger partial charge in [-0.2, -0.15) is 0 Å². The Bertz CT molecular complexity index is 692. The molecular weight excluding hydrogens is 318 g/mol. The number of carbonyl (C=O) groups excluding carboxylic acids is 1. The van der Waals surface area contributed by atoms with Crippen LogP contribution >= 0.6 is 0 Å². The van der Waals surface area contributed by atoms with Gasteiger partial charge in [0.15, 0.2) is 0 Å². The molecule has 1 aromatic heterocycles. The second-order valence-electron chi connectivity index (χ2n) is 6.38. The highest BCUT2D eigenvalue weighted by molar-refractivity contribution is 5.87. The normalized spacial score (nSPS) is 18.6. The molecule has 5 nitrogen and oxygen atoms in total. The Labute approximate surface area is 148 Å². The second kappa shape index (κ2) is 8.21. The summed E-state index contributed by atoms with van der Waals surface area (Å²) in [6.07, 6.45) is 6.28. The maximum absolute atomic E-state index is 11.9. The van der Waals surface area contributed by atoms with E-state index in [1.54, 1.807) is 13.4 Å². The minimum atomic E-state index is -0.421. The Morgan fingerprint density at radius 1 is 1.16 bits per heavy atom. The highest BCUT2D eigenvalue weighted by Crippen LogP contribution is 2.33. The summed E-state index contributed by atoms with van der Waals surface area (Å²) < 4.78 is 15.4. The zero-order valence-electron chi connectivity index (χ0n) is 14.9. The van der Waals surface area contributed by atoms with Crippen molar-refractivity contribution < 1.29 is 18.7 Å². The minimum absolute atomic E-state index is 0.306. The largest absolute Gasteiger partial charge is 0.497 e. The molecule has 1 aromatic carbocycles. The maximum Gasteiger partial charge on any atom is 0.374 e. The van der Waals surface area contributed by atoms with Crippen LogP contribution in [0.2, 0.25) is 0 Å². The Balaban J connectivity index is 1.83. The molecule has 3 rings (SSSR count). The lowest BCUT2D eigenvalue weighted by Crippen LogP contribution is -2.28. The molecule has 0 N–H and O–H groups in total. The molecule has 0 amide bonds. The molecule has 1 unspecified atom stereocenters. The van der Waals surface area contributed by atoms with Crippen LogP contribution in [-0.2, 0) is 11.3 Å². The highest BCUT2D eigenvalue weighted by atomic mass is 16.5. The molecule has 134 valence electrons. The Morgan fingerprint density at radius 3 is 2.68 bits per heavy atom. The standard InChI is InChI=1S/C20H25NO4/c1-23-17-9-7-15(8-10-17)18-6-4-3-5-12-21(18)14-16-11-13-25-19(16)20(22)24-2/h7-11,13,18H,3-6,12,14H2,1-2H3. The fourth-order valence-electron chi connectivity index (χ4n) is 3.51. The number of esters is 1. The van der Waals surface area contributed by atoms with E-state index >= 15 is 0 Å². The van der Waals surface area contributed by atoms with Crippen molar-refractivity contribution in [3.63, 3.8) is 0 Å². The molecule has 0 radical (unpaired) electrons. The number of methoxy groups -OCH3 is 2. The molecule has 1 atom stereocenters. The van der Waals surface area contributed by atoms with Gasteiger partial charge in [0.2, 0.25) is 5.76 Å². The van der Waals surface area contributed by atoms with Gasteiger partial charge < -0.3 is 13.9 Å². The van der Waals surface area contributed by atoms with Gasteiger partial charge in [-0.15, -0.1) is 0 Å². The van der Waals surface area contributed by atoms with Crippen molar-refractivity contribution in [2.24, 2.45) is 0 Å². The predicted octanol–water partition coefficient (Wildman–Crippen LogP) is 4.19. The summed E-state index contributed by atoms with van der Waals surface area (Å²) in [5, 5.41) is 0. The predicted molar refractivity (Wildman–Crippen MR) is 94.7 cm³/mol. The highest BCUT2D eigenvalue weighted by Gasteiger charge is 2.25. The van der Waals surface area contributed by atoms with E-state index in [1.165, 1.54) is 25.5 Å². The number of hydrogen-bond donors (Lipinski definition) is 0. The van der Waals surface area contributed by atoms with Crippen LogP contribution in [0, 0.1) is 0 Å². The Morgan fingerprint density at radius 2 is 1.96 bits per heavy atom. The zero-order chi connectivity index (χ0) is 17.6. The first kappa shape index (κ1) is 17.5. The van der Waals surface area contributed by atoms with E-state index in [9.17, 15) is 4.79 Å². The number of hydrogen-bond acceptors (Lipinski definition) is 5. The first-order valence-corrected chi connectivity index (χ1v) is 8.75. The second-order valence-corrected chi connectivity index (χ2v) is 6.38. The van der Waals surface area contributed by atoms with Crippen LogP contribution in [-0.4, -0.2) is 31.6 Å². The third-order valence-corrected chi connectivity index (χ3v) is 4.86. The van der Waals surface area contributed by atoms with E-state index < -0.39 is 5.97 Å². The third-order valence-electron chi connectivity index (χ3n) is 4.86. The van der Waals surface area contributed by atoms with Gasteiger partial charge in [-0.05, 0) is 43.1 Å². The molecule has 0 spiro atoms. The van der Waals surface area contributed by atoms with Crippen LogP contribution in [0.5, 0.6) is 5.75 Å². The van der Waals surface area contributed by atoms with Gasteiger partial charge in [-0.25, -0.2) is 4.79 Å². The lowest BCUT2D eigenvalue weighted by atomic mass is 10.00. The monoisotopic (exact) mass is 343 g/mol. The number of likely N-dealkylation sites (tertiary alicyclic amines) is 1. The molecular formula is C20H25NO4. The first-order valence-electron chi connectivity index (χ1n) is 8.75. The summed E-state index contributed by atoms with van der Waals surface area (Å²) >= 11 is 0. The fraction of sp³-hybridized carbons (Fsp3) is 0.450. The van der Waals surface area contributed by atoms with Crippen LogP contribution in [0.3, 0.4) is 0 Å². The van der Waals surface area contributed by atoms with Crippen LogP contribution < -0.4 is 4.74 Å². The van der Waals surface area contributed by atoms with Crippen LogP contribution in [0.4, 0.5) is 0 Å². The van der Waals surface area contributed by atoms with E-state index in [1.807, 2.05) is 18.2 Å². The number of benzene rings is 1. The molecule has 2 aromatic rings. The quantitative estimate of drug-likeness (QED) is 0.762. The summed E-state index contributed by atoms with van der Waals surface area (Å²) in [5.41, 5.74) is 2.16. The van der Waals surface area contributed by atoms with E-state index in [-0.39, 0.29) is 0 Å². The molecule has 25 heavy (non-hydrogen) atoms. The average Bonchev–Trinajstić information content (AvgIpc) is 2.99. The molecule has 1 fully saturated rings. The van der Waals surface area contributed by atoms with Crippen molar-refractivity contribution in [1.29, 1.82) is 0 Å². The zero-order valence-corrected chi connectivity index (χ0v) is 14.9. The molecule has 1 saturated heterocycles. The number of nitrogens with zero attached hydrogens (tertiary/aromatic N) is 1. The van der Waals surface area contributed by atoms with Crippen molar-refractivity contribution >= 4 is 5.97 Å². The van der Waals surface area contributed by atoms with Gasteiger partial charge in [-0.1, -0.05) is 25.0 Å². The van der Waals surface area contributed by atoms with Gasteiger partial charge in [0.05, 0.1) is 20.5 Å². The van der Waals surface area contributed by atoms with Crippen LogP contribution in [0.15, 0.2) is 41.0 Å². The van der Waals surface area contributed by atoms with Crippen molar-refractivity contribution in [3.8, 4) is 5.75 Å². The maximum atomic E-state index is 11.9. The van der Waals surface area contributed by atoms with Gasteiger partial charge in [-0.3, -0.25) is 4.90 Å². The SMILES string of the molecule is COC(=O)c1occc1CN1CCCCCC1c1ccc(OC)cc1. The molecule has 2 heterocycles. The van der Waals surface area contributed by atoms with E-state index in [0.717, 1.165) is 30.7 Å². The van der Waals surface area contributed by atoms with Crippen molar-refractivity contribution in [1.82, 2.24) is 4.90 Å². The van der Waals surface area contributed by atoms with E-state index in [2.05, 4.69) is 17.0 Å². The fourth-order valence-corrected chi connectivity index (χ4v) is 3.51. The summed E-state index contributed by atoms with van der Waals surface area (Å²) in [6.45, 7) is 1.68. The molecule has 0 aliphatic carbocycles. The molecule has 1 aliphatic heterocycles. The van der Waals surface area contributed by atoms with E-state index in [0.29, 0.717) is 18.3 Å². The van der Waals surface area contributed by atoms with Gasteiger partial charge in [0, 0.05) is 18.2 Å². The van der Waals surface area contributed by atoms with E-state index in [4.69, 9.17) is 13.9 Å². The first-order chi connectivity index (χ1) is 12.2. The molecule has 0 saturated carbocycles. The van der Waals surface area contributed by atoms with Crippen LogP contribution in [0.25, 0.3) is 0 Å². The van der Waals surface area contributed by atoms with Crippen molar-refractivity contribution in [2.75, 3.05) is 20.8 Å². The summed E-state index contributed by atoms with van der Waals surface area (Å²) in [5.74, 6) is 0.753. The number of furan rings is 1. The lowest BCUT2D eigenvalue weighted by molar-refractivity contribution is 0.0560. The summed E-state index contributed by atoms with van der Waals surface area (Å²) in [7, 11) is 3.06. The minimum Gasteiger partial charge on any atom is -0.497 e. The van der Waals surface area contributed by atoms with Gasteiger partial charge in [0.1, 0.15) is 5.75 Å². The van der Waals surface area contributed by atoms with Crippen LogP contribution in [0.1, 0.15) is 53.4 Å². The third kappa shape index (κ3) is 4.04. The Kier molecular flexibility index (Phi) is 5.76. The summed E-state index contributed by atoms with van der Waals surface area (Å²) in [4.78, 5) is 14.3. The van der Waals surface area contributed by atoms with Crippen molar-refractivity contribution in [3.05, 3.63) is 53.5 Å². The van der Waals surface area contributed by atoms with Crippen molar-refractivity contribution in [2.45, 2.75) is 38.3 Å². The van der Waals surface area contributed by atoms with Gasteiger partial charge in [0.25, 0.3) is 0 Å². The Hall–Kier alpha value is -2.27. The molecule has 5 heteroatoms. The number of ether oxygens (including phenoxy) is 2. The van der Waals surface area contributed by atoms with Gasteiger partial charge >= 0.3 is 5.97 Å².